The molecule has 1 saturated heterocycles. The molecule has 15 heavy (non-hydrogen) atoms. The Morgan fingerprint density at radius 2 is 1.80 bits per heavy atom. The van der Waals surface area contributed by atoms with E-state index in [4.69, 9.17) is 4.74 Å². The topological polar surface area (TPSA) is 21.3 Å². The molecule has 1 aliphatic carbocycles. The highest BCUT2D eigenvalue weighted by molar-refractivity contribution is 5.00. The van der Waals surface area contributed by atoms with Crippen LogP contribution in [-0.2, 0) is 4.74 Å². The van der Waals surface area contributed by atoms with Gasteiger partial charge in [0.15, 0.2) is 0 Å². The van der Waals surface area contributed by atoms with Crippen LogP contribution in [0.2, 0.25) is 0 Å². The molecule has 0 aromatic rings. The van der Waals surface area contributed by atoms with Crippen molar-refractivity contribution in [1.82, 2.24) is 5.32 Å². The number of hydrogen-bond donors (Lipinski definition) is 1. The maximum atomic E-state index is 6.09. The first-order valence-corrected chi connectivity index (χ1v) is 6.26. The van der Waals surface area contributed by atoms with E-state index >= 15 is 0 Å². The minimum atomic E-state index is -0.0212. The highest BCUT2D eigenvalue weighted by Crippen LogP contribution is 2.39. The van der Waals surface area contributed by atoms with Gasteiger partial charge in [0, 0.05) is 12.1 Å². The minimum Gasteiger partial charge on any atom is -0.368 e. The maximum Gasteiger partial charge on any atom is 0.0787 e. The highest BCUT2D eigenvalue weighted by atomic mass is 16.5. The Hall–Kier alpha value is -0.0800. The maximum absolute atomic E-state index is 6.09. The van der Waals surface area contributed by atoms with Gasteiger partial charge in [-0.1, -0.05) is 0 Å². The van der Waals surface area contributed by atoms with Gasteiger partial charge in [0.25, 0.3) is 0 Å². The molecule has 0 spiro atoms. The summed E-state index contributed by atoms with van der Waals surface area (Å²) >= 11 is 0. The number of ether oxygens (including phenoxy) is 1. The zero-order valence-electron chi connectivity index (χ0n) is 10.8. The fourth-order valence-corrected chi connectivity index (χ4v) is 2.87. The monoisotopic (exact) mass is 211 g/mol. The molecule has 1 N–H and O–H groups in total. The van der Waals surface area contributed by atoms with Crippen LogP contribution in [0.1, 0.15) is 53.9 Å². The lowest BCUT2D eigenvalue weighted by Gasteiger charge is -2.30. The van der Waals surface area contributed by atoms with E-state index in [1.165, 1.54) is 12.8 Å². The van der Waals surface area contributed by atoms with Crippen LogP contribution in [0.15, 0.2) is 0 Å². The number of hydrogen-bond acceptors (Lipinski definition) is 2. The van der Waals surface area contributed by atoms with Crippen molar-refractivity contribution >= 4 is 0 Å². The third-order valence-corrected chi connectivity index (χ3v) is 3.87. The standard InChI is InChI=1S/C13H25NO/c1-9(10-6-7-10)14-11-8-12(2,3)15-13(11,4)5/h9-11,14H,6-8H2,1-5H3. The van der Waals surface area contributed by atoms with Gasteiger partial charge >= 0.3 is 0 Å². The van der Waals surface area contributed by atoms with E-state index in [2.05, 4.69) is 39.9 Å². The summed E-state index contributed by atoms with van der Waals surface area (Å²) in [5.74, 6) is 0.921. The summed E-state index contributed by atoms with van der Waals surface area (Å²) in [6, 6.07) is 1.16. The Bertz CT molecular complexity index is 243. The largest absolute Gasteiger partial charge is 0.368 e. The quantitative estimate of drug-likeness (QED) is 0.775. The molecular formula is C13H25NO. The molecule has 0 amide bonds. The molecule has 2 rings (SSSR count). The number of rotatable bonds is 3. The summed E-state index contributed by atoms with van der Waals surface area (Å²) < 4.78 is 6.09. The molecule has 0 aromatic heterocycles. The molecule has 1 saturated carbocycles. The van der Waals surface area contributed by atoms with Gasteiger partial charge in [-0.15, -0.1) is 0 Å². The second kappa shape index (κ2) is 3.46. The van der Waals surface area contributed by atoms with E-state index in [9.17, 15) is 0 Å². The van der Waals surface area contributed by atoms with E-state index in [0.29, 0.717) is 12.1 Å². The Balaban J connectivity index is 1.96. The van der Waals surface area contributed by atoms with Gasteiger partial charge in [-0.05, 0) is 59.8 Å². The van der Waals surface area contributed by atoms with Gasteiger partial charge in [-0.25, -0.2) is 0 Å². The van der Waals surface area contributed by atoms with E-state index in [-0.39, 0.29) is 11.2 Å². The average Bonchev–Trinajstić information content (AvgIpc) is 2.78. The van der Waals surface area contributed by atoms with Crippen molar-refractivity contribution in [3.05, 3.63) is 0 Å². The Kier molecular flexibility index (Phi) is 2.63. The molecule has 2 unspecified atom stereocenters. The van der Waals surface area contributed by atoms with Crippen LogP contribution in [0.5, 0.6) is 0 Å². The van der Waals surface area contributed by atoms with Gasteiger partial charge < -0.3 is 10.1 Å². The van der Waals surface area contributed by atoms with Crippen LogP contribution < -0.4 is 5.32 Å². The lowest BCUT2D eigenvalue weighted by molar-refractivity contribution is -0.0704. The van der Waals surface area contributed by atoms with E-state index in [1.54, 1.807) is 0 Å². The molecule has 2 nitrogen and oxygen atoms in total. The summed E-state index contributed by atoms with van der Waals surface area (Å²) in [6.45, 7) is 11.1. The zero-order valence-corrected chi connectivity index (χ0v) is 10.8. The lowest BCUT2D eigenvalue weighted by Crippen LogP contribution is -2.47. The van der Waals surface area contributed by atoms with Crippen molar-refractivity contribution in [2.75, 3.05) is 0 Å². The average molecular weight is 211 g/mol. The van der Waals surface area contributed by atoms with Gasteiger partial charge in [0.1, 0.15) is 0 Å². The fraction of sp³-hybridized carbons (Fsp3) is 1.00. The van der Waals surface area contributed by atoms with E-state index in [1.807, 2.05) is 0 Å². The molecule has 2 atom stereocenters. The Labute approximate surface area is 93.8 Å². The molecule has 0 aromatic carbocycles. The summed E-state index contributed by atoms with van der Waals surface area (Å²) in [6.07, 6.45) is 3.94. The van der Waals surface area contributed by atoms with Crippen LogP contribution in [0, 0.1) is 5.92 Å². The van der Waals surface area contributed by atoms with Crippen LogP contribution in [-0.4, -0.2) is 23.3 Å². The molecule has 1 aliphatic heterocycles. The van der Waals surface area contributed by atoms with Gasteiger partial charge in [0.05, 0.1) is 11.2 Å². The predicted molar refractivity (Wildman–Crippen MR) is 63.0 cm³/mol. The van der Waals surface area contributed by atoms with E-state index < -0.39 is 0 Å². The molecule has 2 aliphatic rings. The first-order chi connectivity index (χ1) is 6.80. The van der Waals surface area contributed by atoms with Crippen molar-refractivity contribution in [3.8, 4) is 0 Å². The molecule has 1 heterocycles. The van der Waals surface area contributed by atoms with Crippen molar-refractivity contribution in [3.63, 3.8) is 0 Å². The third-order valence-electron chi connectivity index (χ3n) is 3.87. The normalized spacial score (nSPS) is 35.4. The lowest BCUT2D eigenvalue weighted by atomic mass is 9.93. The summed E-state index contributed by atoms with van der Waals surface area (Å²) in [4.78, 5) is 0. The SMILES string of the molecule is CC(NC1CC(C)(C)OC1(C)C)C1CC1. The summed E-state index contributed by atoms with van der Waals surface area (Å²) in [5, 5.41) is 3.76. The second-order valence-corrected chi connectivity index (χ2v) is 6.51. The molecular weight excluding hydrogens is 186 g/mol. The molecule has 88 valence electrons. The molecule has 0 bridgehead atoms. The first kappa shape index (κ1) is 11.4. The van der Waals surface area contributed by atoms with Crippen LogP contribution >= 0.6 is 0 Å². The number of nitrogens with one attached hydrogen (secondary N) is 1. The predicted octanol–water partition coefficient (Wildman–Crippen LogP) is 2.72. The van der Waals surface area contributed by atoms with Gasteiger partial charge in [-0.3, -0.25) is 0 Å². The van der Waals surface area contributed by atoms with Crippen molar-refractivity contribution in [2.24, 2.45) is 5.92 Å². The molecule has 2 heteroatoms. The highest BCUT2D eigenvalue weighted by Gasteiger charge is 2.46. The van der Waals surface area contributed by atoms with Crippen LogP contribution in [0.3, 0.4) is 0 Å². The molecule has 2 fully saturated rings. The third kappa shape index (κ3) is 2.54. The smallest absolute Gasteiger partial charge is 0.0787 e. The Morgan fingerprint density at radius 1 is 1.20 bits per heavy atom. The fourth-order valence-electron chi connectivity index (χ4n) is 2.87. The van der Waals surface area contributed by atoms with Crippen molar-refractivity contribution < 1.29 is 4.74 Å². The van der Waals surface area contributed by atoms with Gasteiger partial charge in [-0.2, -0.15) is 0 Å². The summed E-state index contributed by atoms with van der Waals surface area (Å²) in [7, 11) is 0. The van der Waals surface area contributed by atoms with Gasteiger partial charge in [0.2, 0.25) is 0 Å². The second-order valence-electron chi connectivity index (χ2n) is 6.51. The van der Waals surface area contributed by atoms with Crippen LogP contribution in [0.4, 0.5) is 0 Å². The van der Waals surface area contributed by atoms with E-state index in [0.717, 1.165) is 12.3 Å². The zero-order chi connectivity index (χ0) is 11.3. The van der Waals surface area contributed by atoms with Crippen molar-refractivity contribution in [2.45, 2.75) is 77.2 Å². The molecule has 0 radical (unpaired) electrons. The van der Waals surface area contributed by atoms with Crippen molar-refractivity contribution in [1.29, 1.82) is 0 Å². The summed E-state index contributed by atoms with van der Waals surface area (Å²) in [5.41, 5.74) is 0.0110. The Morgan fingerprint density at radius 3 is 2.20 bits per heavy atom. The minimum absolute atomic E-state index is 0.0212. The first-order valence-electron chi connectivity index (χ1n) is 6.26. The van der Waals surface area contributed by atoms with Crippen LogP contribution in [0.25, 0.3) is 0 Å².